The van der Waals surface area contributed by atoms with Gasteiger partial charge in [0.25, 0.3) is 0 Å². The van der Waals surface area contributed by atoms with Gasteiger partial charge >= 0.3 is 0 Å². The van der Waals surface area contributed by atoms with Crippen molar-refractivity contribution in [2.24, 2.45) is 5.92 Å². The zero-order valence-electron chi connectivity index (χ0n) is 20.8. The molecule has 0 atom stereocenters. The molecule has 4 heteroatoms. The highest BCUT2D eigenvalue weighted by molar-refractivity contribution is 5.64. The summed E-state index contributed by atoms with van der Waals surface area (Å²) >= 11 is 0. The summed E-state index contributed by atoms with van der Waals surface area (Å²) in [6.45, 7) is 4.42. The Bertz CT molecular complexity index is 1110. The van der Waals surface area contributed by atoms with E-state index in [1.54, 1.807) is 18.2 Å². The molecule has 4 rings (SSSR count). The molecule has 0 saturated heterocycles. The standard InChI is InChI=1S/C31H35F3O/c1-3-5-6-22-11-16-26(28(32)19-22)24-14-9-23(10-15-24)20-35-29-18-17-27(30(33)31(29)34)25-12-7-21(4-2)8-13-25/h9-11,14-19,21,25H,3-8,12-13,20H2,1-2H3. The van der Waals surface area contributed by atoms with Gasteiger partial charge in [-0.3, -0.25) is 0 Å². The maximum atomic E-state index is 14.8. The van der Waals surface area contributed by atoms with Crippen LogP contribution >= 0.6 is 0 Å². The van der Waals surface area contributed by atoms with Gasteiger partial charge in [-0.25, -0.2) is 8.78 Å². The lowest BCUT2D eigenvalue weighted by atomic mass is 9.77. The maximum Gasteiger partial charge on any atom is 0.200 e. The lowest BCUT2D eigenvalue weighted by molar-refractivity contribution is 0.280. The van der Waals surface area contributed by atoms with Crippen molar-refractivity contribution in [2.75, 3.05) is 0 Å². The van der Waals surface area contributed by atoms with Gasteiger partial charge < -0.3 is 4.74 Å². The van der Waals surface area contributed by atoms with Gasteiger partial charge in [-0.05, 0) is 84.7 Å². The summed E-state index contributed by atoms with van der Waals surface area (Å²) in [6, 6.07) is 15.9. The number of halogens is 3. The Kier molecular flexibility index (Phi) is 8.54. The Hall–Kier alpha value is -2.75. The van der Waals surface area contributed by atoms with E-state index in [9.17, 15) is 13.2 Å². The predicted octanol–water partition coefficient (Wildman–Crippen LogP) is 9.38. The summed E-state index contributed by atoms with van der Waals surface area (Å²) in [4.78, 5) is 0. The molecule has 1 aliphatic rings. The molecule has 1 saturated carbocycles. The first-order valence-corrected chi connectivity index (χ1v) is 13.0. The van der Waals surface area contributed by atoms with Crippen LogP contribution in [-0.2, 0) is 13.0 Å². The minimum Gasteiger partial charge on any atom is -0.486 e. The maximum absolute atomic E-state index is 14.8. The highest BCUT2D eigenvalue weighted by Gasteiger charge is 2.26. The highest BCUT2D eigenvalue weighted by atomic mass is 19.2. The summed E-state index contributed by atoms with van der Waals surface area (Å²) in [7, 11) is 0. The second-order valence-electron chi connectivity index (χ2n) is 9.81. The second kappa shape index (κ2) is 11.8. The van der Waals surface area contributed by atoms with E-state index in [1.807, 2.05) is 36.4 Å². The first kappa shape index (κ1) is 25.3. The molecule has 186 valence electrons. The van der Waals surface area contributed by atoms with E-state index in [2.05, 4.69) is 13.8 Å². The molecule has 35 heavy (non-hydrogen) atoms. The Morgan fingerprint density at radius 1 is 0.800 bits per heavy atom. The fraction of sp³-hybridized carbons (Fsp3) is 0.419. The molecule has 0 N–H and O–H groups in total. The average Bonchev–Trinajstić information content (AvgIpc) is 2.89. The van der Waals surface area contributed by atoms with Crippen molar-refractivity contribution in [2.45, 2.75) is 77.7 Å². The van der Waals surface area contributed by atoms with Gasteiger partial charge in [0.15, 0.2) is 11.6 Å². The number of benzene rings is 3. The van der Waals surface area contributed by atoms with Crippen molar-refractivity contribution in [3.63, 3.8) is 0 Å². The number of aryl methyl sites for hydroxylation is 1. The number of hydrogen-bond donors (Lipinski definition) is 0. The van der Waals surface area contributed by atoms with Gasteiger partial charge in [0.2, 0.25) is 5.82 Å². The normalized spacial score (nSPS) is 18.0. The van der Waals surface area contributed by atoms with Crippen molar-refractivity contribution in [3.05, 3.63) is 88.7 Å². The molecule has 1 aliphatic carbocycles. The van der Waals surface area contributed by atoms with Crippen LogP contribution in [0.5, 0.6) is 5.75 Å². The Labute approximate surface area is 207 Å². The number of rotatable bonds is 9. The molecule has 3 aromatic rings. The first-order valence-electron chi connectivity index (χ1n) is 13.0. The van der Waals surface area contributed by atoms with Crippen molar-refractivity contribution in [1.29, 1.82) is 0 Å². The highest BCUT2D eigenvalue weighted by Crippen LogP contribution is 2.39. The topological polar surface area (TPSA) is 9.23 Å². The number of ether oxygens (including phenoxy) is 1. The van der Waals surface area contributed by atoms with Gasteiger partial charge in [-0.1, -0.05) is 69.2 Å². The van der Waals surface area contributed by atoms with Crippen LogP contribution < -0.4 is 4.74 Å². The van der Waals surface area contributed by atoms with Crippen LogP contribution in [0, 0.1) is 23.4 Å². The van der Waals surface area contributed by atoms with E-state index < -0.39 is 11.6 Å². The summed E-state index contributed by atoms with van der Waals surface area (Å²) in [5.41, 5.74) is 3.60. The van der Waals surface area contributed by atoms with Gasteiger partial charge in [-0.2, -0.15) is 4.39 Å². The Morgan fingerprint density at radius 2 is 1.51 bits per heavy atom. The van der Waals surface area contributed by atoms with Crippen LogP contribution in [0.1, 0.15) is 81.4 Å². The molecule has 0 heterocycles. The molecular weight excluding hydrogens is 445 g/mol. The lowest BCUT2D eigenvalue weighted by Crippen LogP contribution is -2.14. The molecule has 1 nitrogen and oxygen atoms in total. The molecule has 0 radical (unpaired) electrons. The molecule has 0 aliphatic heterocycles. The van der Waals surface area contributed by atoms with Crippen molar-refractivity contribution < 1.29 is 17.9 Å². The van der Waals surface area contributed by atoms with Crippen LogP contribution in [0.25, 0.3) is 11.1 Å². The third-order valence-electron chi connectivity index (χ3n) is 7.45. The monoisotopic (exact) mass is 480 g/mol. The average molecular weight is 481 g/mol. The SMILES string of the molecule is CCCCc1ccc(-c2ccc(COc3ccc(C4CCC(CC)CC4)c(F)c3F)cc2)c(F)c1. The molecule has 0 amide bonds. The van der Waals surface area contributed by atoms with Crippen molar-refractivity contribution >= 4 is 0 Å². The van der Waals surface area contributed by atoms with E-state index in [1.165, 1.54) is 0 Å². The molecule has 0 bridgehead atoms. The van der Waals surface area contributed by atoms with Crippen LogP contribution in [-0.4, -0.2) is 0 Å². The molecule has 0 spiro atoms. The summed E-state index contributed by atoms with van der Waals surface area (Å²) in [5.74, 6) is -1.22. The first-order chi connectivity index (χ1) is 17.0. The van der Waals surface area contributed by atoms with E-state index >= 15 is 0 Å². The van der Waals surface area contributed by atoms with Crippen LogP contribution in [0.4, 0.5) is 13.2 Å². The van der Waals surface area contributed by atoms with Crippen LogP contribution in [0.15, 0.2) is 54.6 Å². The molecule has 1 fully saturated rings. The van der Waals surface area contributed by atoms with Crippen LogP contribution in [0.3, 0.4) is 0 Å². The van der Waals surface area contributed by atoms with Crippen molar-refractivity contribution in [3.8, 4) is 16.9 Å². The summed E-state index contributed by atoms with van der Waals surface area (Å²) in [6.07, 6.45) is 8.10. The molecular formula is C31H35F3O. The quantitative estimate of drug-likeness (QED) is 0.296. The van der Waals surface area contributed by atoms with E-state index in [4.69, 9.17) is 4.74 Å². The fourth-order valence-corrected chi connectivity index (χ4v) is 5.13. The van der Waals surface area contributed by atoms with E-state index in [0.717, 1.165) is 68.1 Å². The van der Waals surface area contributed by atoms with Gasteiger partial charge in [0.1, 0.15) is 12.4 Å². The van der Waals surface area contributed by atoms with E-state index in [0.29, 0.717) is 17.0 Å². The smallest absolute Gasteiger partial charge is 0.200 e. The fourth-order valence-electron chi connectivity index (χ4n) is 5.13. The lowest BCUT2D eigenvalue weighted by Gasteiger charge is -2.28. The predicted molar refractivity (Wildman–Crippen MR) is 136 cm³/mol. The van der Waals surface area contributed by atoms with Crippen LogP contribution in [0.2, 0.25) is 0 Å². The molecule has 0 aromatic heterocycles. The zero-order chi connectivity index (χ0) is 24.8. The third-order valence-corrected chi connectivity index (χ3v) is 7.45. The van der Waals surface area contributed by atoms with Crippen molar-refractivity contribution in [1.82, 2.24) is 0 Å². The molecule has 0 unspecified atom stereocenters. The number of unbranched alkanes of at least 4 members (excludes halogenated alkanes) is 1. The zero-order valence-corrected chi connectivity index (χ0v) is 20.8. The van der Waals surface area contributed by atoms with Gasteiger partial charge in [0, 0.05) is 5.56 Å². The third kappa shape index (κ3) is 6.09. The van der Waals surface area contributed by atoms with Gasteiger partial charge in [0.05, 0.1) is 0 Å². The van der Waals surface area contributed by atoms with E-state index in [-0.39, 0.29) is 24.1 Å². The molecule has 3 aromatic carbocycles. The van der Waals surface area contributed by atoms with Gasteiger partial charge in [-0.15, -0.1) is 0 Å². The Balaban J connectivity index is 1.39. The number of hydrogen-bond acceptors (Lipinski definition) is 1. The largest absolute Gasteiger partial charge is 0.486 e. The second-order valence-corrected chi connectivity index (χ2v) is 9.81. The minimum absolute atomic E-state index is 0.0775. The summed E-state index contributed by atoms with van der Waals surface area (Å²) < 4.78 is 49.8. The Morgan fingerprint density at radius 3 is 2.17 bits per heavy atom. The minimum atomic E-state index is -0.915. The summed E-state index contributed by atoms with van der Waals surface area (Å²) in [5, 5.41) is 0.